The number of nitrogens with one attached hydrogen (secondary N) is 1. The second-order valence-corrected chi connectivity index (χ2v) is 4.87. The first-order valence-electron chi connectivity index (χ1n) is 6.70. The molecule has 1 aromatic rings. The third kappa shape index (κ3) is 4.51. The number of rotatable bonds is 4. The molecule has 1 aliphatic rings. The maximum absolute atomic E-state index is 11.9. The van der Waals surface area contributed by atoms with Gasteiger partial charge in [0.05, 0.1) is 7.11 Å². The molecule has 2 rings (SSSR count). The van der Waals surface area contributed by atoms with Gasteiger partial charge in [-0.05, 0) is 18.4 Å². The van der Waals surface area contributed by atoms with Crippen molar-refractivity contribution in [2.45, 2.75) is 44.2 Å². The van der Waals surface area contributed by atoms with Crippen molar-refractivity contribution in [3.05, 3.63) is 35.9 Å². The van der Waals surface area contributed by atoms with Gasteiger partial charge >= 0.3 is 5.97 Å². The van der Waals surface area contributed by atoms with Crippen LogP contribution in [-0.2, 0) is 9.53 Å². The second-order valence-electron chi connectivity index (χ2n) is 4.87. The van der Waals surface area contributed by atoms with Crippen LogP contribution in [0, 0.1) is 0 Å². The van der Waals surface area contributed by atoms with E-state index in [1.807, 2.05) is 30.3 Å². The molecular weight excluding hydrogens is 262 g/mol. The third-order valence-electron chi connectivity index (χ3n) is 3.58. The smallest absolute Gasteiger partial charge is 0.327 e. The number of esters is 1. The molecule has 1 unspecified atom stereocenters. The number of benzene rings is 1. The van der Waals surface area contributed by atoms with E-state index >= 15 is 0 Å². The molecule has 0 radical (unpaired) electrons. The van der Waals surface area contributed by atoms with Crippen LogP contribution in [0.5, 0.6) is 0 Å². The Labute approximate surface area is 121 Å². The first kappa shape index (κ1) is 16.0. The van der Waals surface area contributed by atoms with Gasteiger partial charge in [-0.1, -0.05) is 49.6 Å². The number of hydrogen-bond donors (Lipinski definition) is 1. The molecular formula is C15H22ClNO2. The van der Waals surface area contributed by atoms with Gasteiger partial charge in [0.25, 0.3) is 0 Å². The van der Waals surface area contributed by atoms with E-state index in [-0.39, 0.29) is 24.4 Å². The highest BCUT2D eigenvalue weighted by atomic mass is 35.5. The Morgan fingerprint density at radius 1 is 1.21 bits per heavy atom. The van der Waals surface area contributed by atoms with Gasteiger partial charge in [0.15, 0.2) is 0 Å². The lowest BCUT2D eigenvalue weighted by Gasteiger charge is -2.27. The van der Waals surface area contributed by atoms with Crippen molar-refractivity contribution in [2.24, 2.45) is 0 Å². The Morgan fingerprint density at radius 2 is 1.84 bits per heavy atom. The molecule has 1 aromatic carbocycles. The molecule has 0 aliphatic heterocycles. The maximum atomic E-state index is 11.9. The van der Waals surface area contributed by atoms with E-state index in [1.165, 1.54) is 26.4 Å². The minimum absolute atomic E-state index is 0. The number of carbonyl (C=O) groups is 1. The van der Waals surface area contributed by atoms with Crippen LogP contribution in [-0.4, -0.2) is 19.1 Å². The van der Waals surface area contributed by atoms with Crippen LogP contribution in [0.1, 0.15) is 43.7 Å². The molecule has 4 heteroatoms. The molecule has 0 amide bonds. The zero-order chi connectivity index (χ0) is 12.8. The summed E-state index contributed by atoms with van der Waals surface area (Å²) in [5.41, 5.74) is 0.981. The monoisotopic (exact) mass is 283 g/mol. The van der Waals surface area contributed by atoms with Gasteiger partial charge in [0, 0.05) is 6.04 Å². The van der Waals surface area contributed by atoms with Crippen molar-refractivity contribution >= 4 is 18.4 Å². The highest BCUT2D eigenvalue weighted by molar-refractivity contribution is 5.85. The zero-order valence-electron chi connectivity index (χ0n) is 11.3. The molecule has 1 atom stereocenters. The summed E-state index contributed by atoms with van der Waals surface area (Å²) in [7, 11) is 1.45. The van der Waals surface area contributed by atoms with E-state index in [4.69, 9.17) is 4.74 Å². The Hall–Kier alpha value is -1.06. The van der Waals surface area contributed by atoms with Gasteiger partial charge in [-0.15, -0.1) is 12.4 Å². The minimum atomic E-state index is -0.334. The topological polar surface area (TPSA) is 38.3 Å². The van der Waals surface area contributed by atoms with Crippen molar-refractivity contribution < 1.29 is 9.53 Å². The molecule has 0 bridgehead atoms. The van der Waals surface area contributed by atoms with E-state index < -0.39 is 0 Å². The van der Waals surface area contributed by atoms with E-state index in [1.54, 1.807) is 0 Å². The van der Waals surface area contributed by atoms with E-state index in [2.05, 4.69) is 5.32 Å². The summed E-state index contributed by atoms with van der Waals surface area (Å²) >= 11 is 0. The SMILES string of the molecule is COC(=O)C(NC1CCCCC1)c1ccccc1.Cl. The van der Waals surface area contributed by atoms with E-state index in [0.717, 1.165) is 18.4 Å². The van der Waals surface area contributed by atoms with Crippen molar-refractivity contribution in [1.29, 1.82) is 0 Å². The first-order valence-corrected chi connectivity index (χ1v) is 6.70. The lowest BCUT2D eigenvalue weighted by atomic mass is 9.94. The van der Waals surface area contributed by atoms with Gasteiger partial charge in [0.2, 0.25) is 0 Å². The van der Waals surface area contributed by atoms with Gasteiger partial charge < -0.3 is 4.74 Å². The molecule has 0 saturated heterocycles. The van der Waals surface area contributed by atoms with Crippen LogP contribution < -0.4 is 5.32 Å². The Morgan fingerprint density at radius 3 is 2.42 bits per heavy atom. The van der Waals surface area contributed by atoms with Crippen LogP contribution in [0.25, 0.3) is 0 Å². The summed E-state index contributed by atoms with van der Waals surface area (Å²) in [6.45, 7) is 0. The molecule has 0 heterocycles. The van der Waals surface area contributed by atoms with Gasteiger partial charge in [-0.25, -0.2) is 4.79 Å². The summed E-state index contributed by atoms with van der Waals surface area (Å²) in [6.07, 6.45) is 6.12. The van der Waals surface area contributed by atoms with Crippen LogP contribution in [0.2, 0.25) is 0 Å². The van der Waals surface area contributed by atoms with Crippen LogP contribution >= 0.6 is 12.4 Å². The van der Waals surface area contributed by atoms with Crippen molar-refractivity contribution in [3.8, 4) is 0 Å². The minimum Gasteiger partial charge on any atom is -0.468 e. The Kier molecular flexibility index (Phi) is 6.89. The summed E-state index contributed by atoms with van der Waals surface area (Å²) in [4.78, 5) is 11.9. The molecule has 3 nitrogen and oxygen atoms in total. The maximum Gasteiger partial charge on any atom is 0.327 e. The Balaban J connectivity index is 0.00000180. The number of ether oxygens (including phenoxy) is 1. The van der Waals surface area contributed by atoms with Gasteiger partial charge in [0.1, 0.15) is 6.04 Å². The average molecular weight is 284 g/mol. The fourth-order valence-electron chi connectivity index (χ4n) is 2.57. The van der Waals surface area contributed by atoms with Crippen LogP contribution in [0.15, 0.2) is 30.3 Å². The van der Waals surface area contributed by atoms with Gasteiger partial charge in [-0.3, -0.25) is 5.32 Å². The van der Waals surface area contributed by atoms with Crippen molar-refractivity contribution in [3.63, 3.8) is 0 Å². The molecule has 19 heavy (non-hydrogen) atoms. The predicted molar refractivity (Wildman–Crippen MR) is 78.5 cm³/mol. The van der Waals surface area contributed by atoms with Crippen molar-refractivity contribution in [2.75, 3.05) is 7.11 Å². The van der Waals surface area contributed by atoms with Crippen molar-refractivity contribution in [1.82, 2.24) is 5.32 Å². The molecule has 1 aliphatic carbocycles. The fraction of sp³-hybridized carbons (Fsp3) is 0.533. The summed E-state index contributed by atoms with van der Waals surface area (Å²) in [5, 5.41) is 3.45. The molecule has 0 spiro atoms. The number of halogens is 1. The normalized spacial score (nSPS) is 17.3. The average Bonchev–Trinajstić information content (AvgIpc) is 2.46. The molecule has 1 saturated carbocycles. The standard InChI is InChI=1S/C15H21NO2.ClH/c1-18-15(17)14(12-8-4-2-5-9-12)16-13-10-6-3-7-11-13;/h2,4-5,8-9,13-14,16H,3,6-7,10-11H2,1H3;1H. The number of methoxy groups -OCH3 is 1. The quantitative estimate of drug-likeness (QED) is 0.862. The van der Waals surface area contributed by atoms with E-state index in [0.29, 0.717) is 6.04 Å². The summed E-state index contributed by atoms with van der Waals surface area (Å²) in [6, 6.07) is 9.90. The summed E-state index contributed by atoms with van der Waals surface area (Å²) < 4.78 is 4.91. The van der Waals surface area contributed by atoms with Crippen LogP contribution in [0.4, 0.5) is 0 Å². The number of hydrogen-bond acceptors (Lipinski definition) is 3. The molecule has 0 aromatic heterocycles. The highest BCUT2D eigenvalue weighted by Gasteiger charge is 2.25. The molecule has 1 fully saturated rings. The van der Waals surface area contributed by atoms with Crippen LogP contribution in [0.3, 0.4) is 0 Å². The zero-order valence-corrected chi connectivity index (χ0v) is 12.1. The predicted octanol–water partition coefficient (Wildman–Crippen LogP) is 3.24. The summed E-state index contributed by atoms with van der Waals surface area (Å²) in [5.74, 6) is -0.202. The lowest BCUT2D eigenvalue weighted by molar-refractivity contribution is -0.143. The highest BCUT2D eigenvalue weighted by Crippen LogP contribution is 2.22. The van der Waals surface area contributed by atoms with E-state index in [9.17, 15) is 4.79 Å². The molecule has 1 N–H and O–H groups in total. The second kappa shape index (κ2) is 8.18. The Bertz CT molecular complexity index is 377. The fourth-order valence-corrected chi connectivity index (χ4v) is 2.57. The first-order chi connectivity index (χ1) is 8.81. The van der Waals surface area contributed by atoms with Gasteiger partial charge in [-0.2, -0.15) is 0 Å². The number of carbonyl (C=O) groups excluding carboxylic acids is 1. The molecule has 106 valence electrons. The lowest BCUT2D eigenvalue weighted by Crippen LogP contribution is -2.38. The largest absolute Gasteiger partial charge is 0.468 e. The third-order valence-corrected chi connectivity index (χ3v) is 3.58.